The molecule has 1 aromatic heterocycles. The molecule has 1 atom stereocenters. The van der Waals surface area contributed by atoms with Gasteiger partial charge < -0.3 is 19.1 Å². The van der Waals surface area contributed by atoms with Gasteiger partial charge >= 0.3 is 0 Å². The fourth-order valence-electron chi connectivity index (χ4n) is 6.25. The first kappa shape index (κ1) is 25.2. The van der Waals surface area contributed by atoms with Crippen molar-refractivity contribution in [2.45, 2.75) is 64.6 Å². The molecule has 0 radical (unpaired) electrons. The number of hydrogen-bond acceptors (Lipinski definition) is 5. The highest BCUT2D eigenvalue weighted by Crippen LogP contribution is 2.43. The number of ether oxygens (including phenoxy) is 1. The molecule has 0 spiro atoms. The van der Waals surface area contributed by atoms with Crippen molar-refractivity contribution in [1.29, 1.82) is 0 Å². The summed E-state index contributed by atoms with van der Waals surface area (Å²) in [6.07, 6.45) is 6.01. The lowest BCUT2D eigenvalue weighted by Crippen LogP contribution is -2.48. The van der Waals surface area contributed by atoms with Crippen LogP contribution in [0.3, 0.4) is 0 Å². The van der Waals surface area contributed by atoms with Gasteiger partial charge in [-0.1, -0.05) is 58.5 Å². The van der Waals surface area contributed by atoms with Crippen LogP contribution < -0.4 is 4.74 Å². The van der Waals surface area contributed by atoms with Crippen molar-refractivity contribution < 1.29 is 18.8 Å². The molecule has 3 heterocycles. The van der Waals surface area contributed by atoms with Gasteiger partial charge in [0.15, 0.2) is 0 Å². The monoisotopic (exact) mass is 577 g/mol. The molecule has 8 heteroatoms. The van der Waals surface area contributed by atoms with Gasteiger partial charge in [-0.3, -0.25) is 9.59 Å². The Hall–Kier alpha value is -3.13. The molecule has 3 aliphatic rings. The average molecular weight is 579 g/mol. The number of aryl methyl sites for hydroxylation is 1. The van der Waals surface area contributed by atoms with E-state index in [0.29, 0.717) is 25.3 Å². The number of hydrogen-bond donors (Lipinski definition) is 0. The summed E-state index contributed by atoms with van der Waals surface area (Å²) in [6, 6.07) is 13.3. The summed E-state index contributed by atoms with van der Waals surface area (Å²) in [5, 5.41) is 4.07. The SMILES string of the molecule is Cc1cc(COc2ccc(Br)c3c2[C@@H](CN2Cc4ccccc4C2=O)N(C(=O)C2CCCCC2)CC3)no1. The third-order valence-corrected chi connectivity index (χ3v) is 8.89. The topological polar surface area (TPSA) is 75.9 Å². The van der Waals surface area contributed by atoms with Gasteiger partial charge in [-0.2, -0.15) is 0 Å². The van der Waals surface area contributed by atoms with E-state index in [9.17, 15) is 9.59 Å². The van der Waals surface area contributed by atoms with Gasteiger partial charge in [-0.25, -0.2) is 0 Å². The van der Waals surface area contributed by atoms with Gasteiger partial charge in [0.05, 0.1) is 6.04 Å². The maximum Gasteiger partial charge on any atom is 0.254 e. The van der Waals surface area contributed by atoms with Gasteiger partial charge in [-0.05, 0) is 55.5 Å². The molecule has 3 aromatic rings. The van der Waals surface area contributed by atoms with E-state index < -0.39 is 0 Å². The molecular formula is C30H32BrN3O4. The van der Waals surface area contributed by atoms with Crippen LogP contribution in [0.15, 0.2) is 51.5 Å². The van der Waals surface area contributed by atoms with E-state index in [-0.39, 0.29) is 30.4 Å². The highest BCUT2D eigenvalue weighted by atomic mass is 79.9. The van der Waals surface area contributed by atoms with Crippen LogP contribution in [-0.2, 0) is 24.4 Å². The Labute approximate surface area is 231 Å². The summed E-state index contributed by atoms with van der Waals surface area (Å²) >= 11 is 3.76. The third kappa shape index (κ3) is 4.75. The lowest BCUT2D eigenvalue weighted by Gasteiger charge is -2.42. The van der Waals surface area contributed by atoms with E-state index in [1.54, 1.807) is 0 Å². The Bertz CT molecular complexity index is 1360. The number of aromatic nitrogens is 1. The van der Waals surface area contributed by atoms with Crippen molar-refractivity contribution >= 4 is 27.7 Å². The van der Waals surface area contributed by atoms with Crippen LogP contribution in [0.5, 0.6) is 5.75 Å². The van der Waals surface area contributed by atoms with Crippen LogP contribution in [0.4, 0.5) is 0 Å². The minimum absolute atomic E-state index is 0.0216. The Morgan fingerprint density at radius 3 is 2.74 bits per heavy atom. The summed E-state index contributed by atoms with van der Waals surface area (Å²) in [5.41, 5.74) is 4.62. The van der Waals surface area contributed by atoms with Crippen molar-refractivity contribution in [3.05, 3.63) is 80.6 Å². The molecule has 1 saturated carbocycles. The molecule has 6 rings (SSSR count). The van der Waals surface area contributed by atoms with Crippen LogP contribution in [0, 0.1) is 12.8 Å². The number of fused-ring (bicyclic) bond motifs is 2. The van der Waals surface area contributed by atoms with Crippen LogP contribution >= 0.6 is 15.9 Å². The van der Waals surface area contributed by atoms with Gasteiger partial charge in [0.25, 0.3) is 5.91 Å². The molecular weight excluding hydrogens is 546 g/mol. The molecule has 0 bridgehead atoms. The quantitative estimate of drug-likeness (QED) is 0.360. The molecule has 2 amide bonds. The Kier molecular flexibility index (Phi) is 6.99. The van der Waals surface area contributed by atoms with E-state index in [1.807, 2.05) is 59.2 Å². The van der Waals surface area contributed by atoms with Gasteiger partial charge in [0, 0.05) is 47.2 Å². The smallest absolute Gasteiger partial charge is 0.254 e. The van der Waals surface area contributed by atoms with Crippen molar-refractivity contribution in [1.82, 2.24) is 15.0 Å². The van der Waals surface area contributed by atoms with E-state index in [2.05, 4.69) is 21.1 Å². The van der Waals surface area contributed by atoms with Crippen LogP contribution in [-0.4, -0.2) is 39.9 Å². The fourth-order valence-corrected chi connectivity index (χ4v) is 6.80. The molecule has 38 heavy (non-hydrogen) atoms. The van der Waals surface area contributed by atoms with Crippen LogP contribution in [0.1, 0.15) is 76.6 Å². The first-order valence-electron chi connectivity index (χ1n) is 13.5. The fraction of sp³-hybridized carbons (Fsp3) is 0.433. The number of halogens is 1. The van der Waals surface area contributed by atoms with E-state index in [4.69, 9.17) is 9.26 Å². The summed E-state index contributed by atoms with van der Waals surface area (Å²) in [7, 11) is 0. The summed E-state index contributed by atoms with van der Waals surface area (Å²) in [6.45, 7) is 3.73. The van der Waals surface area contributed by atoms with Gasteiger partial charge in [0.2, 0.25) is 5.91 Å². The third-order valence-electron chi connectivity index (χ3n) is 8.15. The molecule has 0 unspecified atom stereocenters. The first-order valence-corrected chi connectivity index (χ1v) is 14.3. The Morgan fingerprint density at radius 2 is 1.97 bits per heavy atom. The number of amides is 2. The van der Waals surface area contributed by atoms with E-state index in [1.165, 1.54) is 6.42 Å². The summed E-state index contributed by atoms with van der Waals surface area (Å²) < 4.78 is 12.6. The molecule has 2 aromatic carbocycles. The second-order valence-corrected chi connectivity index (χ2v) is 11.5. The molecule has 0 saturated heterocycles. The van der Waals surface area contributed by atoms with Gasteiger partial charge in [-0.15, -0.1) is 0 Å². The number of carbonyl (C=O) groups is 2. The Balaban J connectivity index is 1.36. The zero-order valence-electron chi connectivity index (χ0n) is 21.6. The average Bonchev–Trinajstić information content (AvgIpc) is 3.50. The Morgan fingerprint density at radius 1 is 1.16 bits per heavy atom. The largest absolute Gasteiger partial charge is 0.487 e. The lowest BCUT2D eigenvalue weighted by molar-refractivity contribution is -0.140. The normalized spacial score (nSPS) is 19.4. The van der Waals surface area contributed by atoms with Crippen LogP contribution in [0.2, 0.25) is 0 Å². The second kappa shape index (κ2) is 10.6. The second-order valence-electron chi connectivity index (χ2n) is 10.6. The molecule has 198 valence electrons. The minimum atomic E-state index is -0.294. The first-order chi connectivity index (χ1) is 18.5. The zero-order chi connectivity index (χ0) is 26.2. The van der Waals surface area contributed by atoms with Crippen molar-refractivity contribution in [2.24, 2.45) is 5.92 Å². The van der Waals surface area contributed by atoms with E-state index in [0.717, 1.165) is 70.3 Å². The van der Waals surface area contributed by atoms with Crippen molar-refractivity contribution in [3.8, 4) is 5.75 Å². The lowest BCUT2D eigenvalue weighted by atomic mass is 9.85. The number of benzene rings is 2. The standard InChI is InChI=1S/C30H32BrN3O4/c1-19-15-22(32-38-19)18-37-27-12-11-25(31)24-13-14-34(29(35)20-7-3-2-4-8-20)26(28(24)27)17-33-16-21-9-5-6-10-23(21)30(33)36/h5-6,9-12,15,20,26H,2-4,7-8,13-14,16-18H2,1H3/t26-/m1/s1. The van der Waals surface area contributed by atoms with Crippen molar-refractivity contribution in [3.63, 3.8) is 0 Å². The van der Waals surface area contributed by atoms with Gasteiger partial charge in [0.1, 0.15) is 23.8 Å². The molecule has 7 nitrogen and oxygen atoms in total. The molecule has 0 N–H and O–H groups in total. The molecule has 1 fully saturated rings. The zero-order valence-corrected chi connectivity index (χ0v) is 23.2. The number of nitrogens with zero attached hydrogens (tertiary/aromatic N) is 3. The maximum atomic E-state index is 14.0. The predicted molar refractivity (Wildman–Crippen MR) is 146 cm³/mol. The van der Waals surface area contributed by atoms with E-state index >= 15 is 0 Å². The minimum Gasteiger partial charge on any atom is -0.487 e. The van der Waals surface area contributed by atoms with Crippen LogP contribution in [0.25, 0.3) is 0 Å². The maximum absolute atomic E-state index is 14.0. The summed E-state index contributed by atoms with van der Waals surface area (Å²) in [5.74, 6) is 1.74. The molecule has 1 aliphatic carbocycles. The summed E-state index contributed by atoms with van der Waals surface area (Å²) in [4.78, 5) is 31.3. The highest BCUT2D eigenvalue weighted by Gasteiger charge is 2.40. The highest BCUT2D eigenvalue weighted by molar-refractivity contribution is 9.10. The van der Waals surface area contributed by atoms with Crippen molar-refractivity contribution in [2.75, 3.05) is 13.1 Å². The number of carbonyl (C=O) groups excluding carboxylic acids is 2. The predicted octanol–water partition coefficient (Wildman–Crippen LogP) is 5.99. The number of rotatable bonds is 6. The molecule has 2 aliphatic heterocycles.